The van der Waals surface area contributed by atoms with Gasteiger partial charge in [0.15, 0.2) is 0 Å². The summed E-state index contributed by atoms with van der Waals surface area (Å²) in [5.41, 5.74) is 3.25. The van der Waals surface area contributed by atoms with Crippen molar-refractivity contribution in [1.82, 2.24) is 10.6 Å². The fraction of sp³-hybridized carbons (Fsp3) is 0.235. The number of sulfonamides is 1. The monoisotopic (exact) mass is 345 g/mol. The van der Waals surface area contributed by atoms with Gasteiger partial charge >= 0.3 is 6.03 Å². The summed E-state index contributed by atoms with van der Waals surface area (Å²) in [7, 11) is -3.69. The molecule has 2 aromatic rings. The molecule has 0 saturated heterocycles. The predicted molar refractivity (Wildman–Crippen MR) is 90.7 cm³/mol. The van der Waals surface area contributed by atoms with Gasteiger partial charge in [-0.3, -0.25) is 0 Å². The van der Waals surface area contributed by atoms with Crippen molar-refractivity contribution < 1.29 is 13.2 Å². The van der Waals surface area contributed by atoms with E-state index in [0.717, 1.165) is 18.4 Å². The van der Waals surface area contributed by atoms with E-state index in [1.807, 2.05) is 18.2 Å². The number of hydrogen-bond donors (Lipinski definition) is 3. The van der Waals surface area contributed by atoms with Gasteiger partial charge in [-0.05, 0) is 41.7 Å². The Kier molecular flexibility index (Phi) is 4.55. The second-order valence-electron chi connectivity index (χ2n) is 5.81. The Hall–Kier alpha value is -2.38. The molecule has 24 heavy (non-hydrogen) atoms. The number of primary sulfonamides is 1. The average molecular weight is 345 g/mol. The second kappa shape index (κ2) is 6.62. The Morgan fingerprint density at radius 2 is 1.83 bits per heavy atom. The van der Waals surface area contributed by atoms with Gasteiger partial charge in [-0.25, -0.2) is 18.4 Å². The molecule has 0 bridgehead atoms. The van der Waals surface area contributed by atoms with E-state index in [1.165, 1.54) is 23.3 Å². The minimum Gasteiger partial charge on any atom is -0.334 e. The van der Waals surface area contributed by atoms with Crippen LogP contribution in [0.5, 0.6) is 0 Å². The first-order valence-corrected chi connectivity index (χ1v) is 9.22. The van der Waals surface area contributed by atoms with Gasteiger partial charge in [-0.2, -0.15) is 0 Å². The lowest BCUT2D eigenvalue weighted by Gasteiger charge is -2.15. The molecular weight excluding hydrogens is 326 g/mol. The van der Waals surface area contributed by atoms with Crippen LogP contribution in [0, 0.1) is 0 Å². The van der Waals surface area contributed by atoms with Crippen LogP contribution in [0.1, 0.15) is 29.2 Å². The molecule has 0 saturated carbocycles. The number of urea groups is 1. The molecule has 4 N–H and O–H groups in total. The van der Waals surface area contributed by atoms with E-state index in [9.17, 15) is 13.2 Å². The van der Waals surface area contributed by atoms with Gasteiger partial charge in [0, 0.05) is 6.54 Å². The maximum Gasteiger partial charge on any atom is 0.315 e. The molecule has 1 aliphatic rings. The number of aryl methyl sites for hydroxylation is 1. The Bertz CT molecular complexity index is 848. The van der Waals surface area contributed by atoms with Crippen molar-refractivity contribution in [3.63, 3.8) is 0 Å². The van der Waals surface area contributed by atoms with Gasteiger partial charge in [-0.15, -0.1) is 0 Å². The van der Waals surface area contributed by atoms with Gasteiger partial charge in [0.2, 0.25) is 10.0 Å². The third-order valence-corrected chi connectivity index (χ3v) is 5.07. The number of fused-ring (bicyclic) bond motifs is 1. The Morgan fingerprint density at radius 3 is 2.54 bits per heavy atom. The van der Waals surface area contributed by atoms with E-state index in [-0.39, 0.29) is 17.0 Å². The van der Waals surface area contributed by atoms with Crippen LogP contribution >= 0.6 is 0 Å². The highest BCUT2D eigenvalue weighted by Crippen LogP contribution is 2.30. The van der Waals surface area contributed by atoms with Gasteiger partial charge in [0.05, 0.1) is 10.9 Å². The number of hydrogen-bond acceptors (Lipinski definition) is 3. The first-order valence-electron chi connectivity index (χ1n) is 7.67. The van der Waals surface area contributed by atoms with Crippen LogP contribution in [0.3, 0.4) is 0 Å². The molecule has 126 valence electrons. The van der Waals surface area contributed by atoms with E-state index < -0.39 is 10.0 Å². The number of carbonyl (C=O) groups is 1. The summed E-state index contributed by atoms with van der Waals surface area (Å²) in [6.45, 7) is 0.311. The lowest BCUT2D eigenvalue weighted by atomic mass is 10.1. The van der Waals surface area contributed by atoms with Crippen molar-refractivity contribution >= 4 is 16.1 Å². The number of carbonyl (C=O) groups excluding carboxylic acids is 1. The predicted octanol–water partition coefficient (Wildman–Crippen LogP) is 1.82. The van der Waals surface area contributed by atoms with E-state index >= 15 is 0 Å². The highest BCUT2D eigenvalue weighted by atomic mass is 32.2. The number of nitrogens with one attached hydrogen (secondary N) is 2. The highest BCUT2D eigenvalue weighted by Gasteiger charge is 2.23. The van der Waals surface area contributed by atoms with Crippen molar-refractivity contribution in [3.8, 4) is 0 Å². The molecule has 1 unspecified atom stereocenters. The lowest BCUT2D eigenvalue weighted by molar-refractivity contribution is 0.236. The third kappa shape index (κ3) is 3.74. The molecule has 3 rings (SSSR count). The quantitative estimate of drug-likeness (QED) is 0.788. The SMILES string of the molecule is NS(=O)(=O)c1ccc(CNC(=O)NC2CCc3ccccc32)cc1. The molecule has 0 fully saturated rings. The maximum atomic E-state index is 12.1. The summed E-state index contributed by atoms with van der Waals surface area (Å²) >= 11 is 0. The molecule has 0 spiro atoms. The number of benzene rings is 2. The van der Waals surface area contributed by atoms with Crippen LogP contribution in [-0.4, -0.2) is 14.4 Å². The van der Waals surface area contributed by atoms with E-state index in [2.05, 4.69) is 16.7 Å². The van der Waals surface area contributed by atoms with Gasteiger partial charge in [0.1, 0.15) is 0 Å². The first-order chi connectivity index (χ1) is 11.4. The Labute approximate surface area is 141 Å². The van der Waals surface area contributed by atoms with Crippen LogP contribution in [0.2, 0.25) is 0 Å². The molecule has 1 aliphatic carbocycles. The van der Waals surface area contributed by atoms with Gasteiger partial charge in [-0.1, -0.05) is 36.4 Å². The van der Waals surface area contributed by atoms with Crippen LogP contribution in [-0.2, 0) is 23.0 Å². The van der Waals surface area contributed by atoms with Crippen molar-refractivity contribution in [1.29, 1.82) is 0 Å². The molecule has 0 heterocycles. The summed E-state index contributed by atoms with van der Waals surface area (Å²) in [4.78, 5) is 12.1. The topological polar surface area (TPSA) is 101 Å². The van der Waals surface area contributed by atoms with Gasteiger partial charge < -0.3 is 10.6 Å². The Morgan fingerprint density at radius 1 is 1.12 bits per heavy atom. The second-order valence-corrected chi connectivity index (χ2v) is 7.37. The summed E-state index contributed by atoms with van der Waals surface area (Å²) in [5, 5.41) is 10.8. The van der Waals surface area contributed by atoms with E-state index in [0.29, 0.717) is 6.54 Å². The van der Waals surface area contributed by atoms with Crippen LogP contribution in [0.4, 0.5) is 4.79 Å². The fourth-order valence-electron chi connectivity index (χ4n) is 2.90. The minimum atomic E-state index is -3.69. The summed E-state index contributed by atoms with van der Waals surface area (Å²) in [6, 6.07) is 14.0. The van der Waals surface area contributed by atoms with E-state index in [4.69, 9.17) is 5.14 Å². The maximum absolute atomic E-state index is 12.1. The number of rotatable bonds is 4. The molecular formula is C17H19N3O3S. The van der Waals surface area contributed by atoms with Crippen molar-refractivity contribution in [2.75, 3.05) is 0 Å². The molecule has 2 aromatic carbocycles. The average Bonchev–Trinajstić information content (AvgIpc) is 2.96. The number of amides is 2. The smallest absolute Gasteiger partial charge is 0.315 e. The van der Waals surface area contributed by atoms with E-state index in [1.54, 1.807) is 12.1 Å². The zero-order chi connectivity index (χ0) is 17.2. The first kappa shape index (κ1) is 16.5. The standard InChI is InChI=1S/C17H19N3O3S/c18-24(22,23)14-8-5-12(6-9-14)11-19-17(21)20-16-10-7-13-3-1-2-4-15(13)16/h1-6,8-9,16H,7,10-11H2,(H2,18,22,23)(H2,19,20,21). The molecule has 7 heteroatoms. The van der Waals surface area contributed by atoms with Crippen molar-refractivity contribution in [2.24, 2.45) is 5.14 Å². The normalized spacial score (nSPS) is 16.5. The summed E-state index contributed by atoms with van der Waals surface area (Å²) in [6.07, 6.45) is 1.87. The van der Waals surface area contributed by atoms with Crippen molar-refractivity contribution in [3.05, 3.63) is 65.2 Å². The summed E-state index contributed by atoms with van der Waals surface area (Å²) < 4.78 is 22.4. The number of nitrogens with two attached hydrogens (primary N) is 1. The Balaban J connectivity index is 1.55. The molecule has 2 amide bonds. The van der Waals surface area contributed by atoms with Crippen LogP contribution < -0.4 is 15.8 Å². The fourth-order valence-corrected chi connectivity index (χ4v) is 3.41. The third-order valence-electron chi connectivity index (χ3n) is 4.14. The van der Waals surface area contributed by atoms with Gasteiger partial charge in [0.25, 0.3) is 0 Å². The molecule has 6 nitrogen and oxygen atoms in total. The molecule has 0 radical (unpaired) electrons. The molecule has 0 aliphatic heterocycles. The highest BCUT2D eigenvalue weighted by molar-refractivity contribution is 7.89. The minimum absolute atomic E-state index is 0.0333. The molecule has 0 aromatic heterocycles. The van der Waals surface area contributed by atoms with Crippen molar-refractivity contribution in [2.45, 2.75) is 30.3 Å². The zero-order valence-electron chi connectivity index (χ0n) is 13.0. The zero-order valence-corrected chi connectivity index (χ0v) is 13.8. The summed E-state index contributed by atoms with van der Waals surface area (Å²) in [5.74, 6) is 0. The van der Waals surface area contributed by atoms with Crippen LogP contribution in [0.25, 0.3) is 0 Å². The lowest BCUT2D eigenvalue weighted by Crippen LogP contribution is -2.36. The molecule has 1 atom stereocenters. The van der Waals surface area contributed by atoms with Crippen LogP contribution in [0.15, 0.2) is 53.4 Å². The largest absolute Gasteiger partial charge is 0.334 e.